The van der Waals surface area contributed by atoms with Crippen LogP contribution in [0.5, 0.6) is 5.75 Å². The van der Waals surface area contributed by atoms with Gasteiger partial charge in [0.15, 0.2) is 0 Å². The maximum atomic E-state index is 13.2. The third-order valence-corrected chi connectivity index (χ3v) is 8.15. The van der Waals surface area contributed by atoms with Crippen LogP contribution in [0.25, 0.3) is 22.4 Å². The molecule has 2 aromatic carbocycles. The molecule has 6 rings (SSSR count). The highest BCUT2D eigenvalue weighted by Gasteiger charge is 2.29. The number of fused-ring (bicyclic) bond motifs is 2. The van der Waals surface area contributed by atoms with E-state index in [9.17, 15) is 9.59 Å². The highest BCUT2D eigenvalue weighted by atomic mass is 16.5. The molecule has 208 valence electrons. The molecule has 2 aromatic heterocycles. The predicted molar refractivity (Wildman–Crippen MR) is 157 cm³/mol. The van der Waals surface area contributed by atoms with Gasteiger partial charge in [0.2, 0.25) is 0 Å². The van der Waals surface area contributed by atoms with Crippen LogP contribution in [0.4, 0.5) is 5.69 Å². The van der Waals surface area contributed by atoms with Gasteiger partial charge in [0.1, 0.15) is 17.1 Å². The fourth-order valence-electron chi connectivity index (χ4n) is 5.92. The zero-order chi connectivity index (χ0) is 27.8. The molecule has 0 saturated carbocycles. The SMILES string of the molecule is COc1ccc(C)c(C[C@H](C)Nc2cc[nH]c(=O)c2-c2nc3cc4c(cc3[nH]2)CN(CCN2CCCC2)C4=O)c1. The zero-order valence-corrected chi connectivity index (χ0v) is 23.3. The molecule has 0 aliphatic carbocycles. The second-order valence-electron chi connectivity index (χ2n) is 11.0. The largest absolute Gasteiger partial charge is 0.497 e. The van der Waals surface area contributed by atoms with Crippen molar-refractivity contribution in [1.82, 2.24) is 24.8 Å². The number of anilines is 1. The van der Waals surface area contributed by atoms with E-state index in [2.05, 4.69) is 46.2 Å². The first kappa shape index (κ1) is 26.1. The van der Waals surface area contributed by atoms with E-state index in [-0.39, 0.29) is 17.5 Å². The van der Waals surface area contributed by atoms with Crippen molar-refractivity contribution >= 4 is 22.6 Å². The lowest BCUT2D eigenvalue weighted by atomic mass is 10.0. The predicted octanol–water partition coefficient (Wildman–Crippen LogP) is 4.33. The Morgan fingerprint density at radius 3 is 2.73 bits per heavy atom. The van der Waals surface area contributed by atoms with Gasteiger partial charge < -0.3 is 29.8 Å². The summed E-state index contributed by atoms with van der Waals surface area (Å²) in [5.74, 6) is 1.36. The van der Waals surface area contributed by atoms with Gasteiger partial charge >= 0.3 is 0 Å². The van der Waals surface area contributed by atoms with Crippen molar-refractivity contribution < 1.29 is 9.53 Å². The molecule has 1 saturated heterocycles. The molecular formula is C31H36N6O3. The Morgan fingerprint density at radius 2 is 1.93 bits per heavy atom. The zero-order valence-electron chi connectivity index (χ0n) is 23.3. The normalized spacial score (nSPS) is 16.1. The fourth-order valence-corrected chi connectivity index (χ4v) is 5.92. The van der Waals surface area contributed by atoms with Gasteiger partial charge in [0.05, 0.1) is 23.8 Å². The number of imidazole rings is 1. The number of benzene rings is 2. The number of carbonyl (C=O) groups excluding carboxylic acids is 1. The summed E-state index contributed by atoms with van der Waals surface area (Å²) in [6.07, 6.45) is 4.90. The highest BCUT2D eigenvalue weighted by Crippen LogP contribution is 2.30. The van der Waals surface area contributed by atoms with E-state index in [1.54, 1.807) is 13.3 Å². The number of carbonyl (C=O) groups is 1. The quantitative estimate of drug-likeness (QED) is 0.292. The second-order valence-corrected chi connectivity index (χ2v) is 11.0. The number of pyridine rings is 1. The molecule has 2 aliphatic rings. The molecule has 9 nitrogen and oxygen atoms in total. The summed E-state index contributed by atoms with van der Waals surface area (Å²) >= 11 is 0. The summed E-state index contributed by atoms with van der Waals surface area (Å²) in [4.78, 5) is 41.5. The Bertz CT molecular complexity index is 1620. The van der Waals surface area contributed by atoms with Crippen LogP contribution >= 0.6 is 0 Å². The summed E-state index contributed by atoms with van der Waals surface area (Å²) in [5.41, 5.74) is 6.49. The average Bonchev–Trinajstić information content (AvgIpc) is 3.67. The Kier molecular flexibility index (Phi) is 7.06. The summed E-state index contributed by atoms with van der Waals surface area (Å²) in [6.45, 7) is 8.69. The van der Waals surface area contributed by atoms with Crippen molar-refractivity contribution in [1.29, 1.82) is 0 Å². The van der Waals surface area contributed by atoms with E-state index in [0.29, 0.717) is 34.7 Å². The fraction of sp³-hybridized carbons (Fsp3) is 0.387. The van der Waals surface area contributed by atoms with Gasteiger partial charge in [-0.05, 0) is 93.2 Å². The number of methoxy groups -OCH3 is 1. The van der Waals surface area contributed by atoms with Crippen molar-refractivity contribution in [2.45, 2.75) is 45.7 Å². The monoisotopic (exact) mass is 540 g/mol. The molecule has 3 N–H and O–H groups in total. The smallest absolute Gasteiger partial charge is 0.261 e. The molecule has 1 fully saturated rings. The van der Waals surface area contributed by atoms with Crippen LogP contribution in [0, 0.1) is 6.92 Å². The first-order valence-electron chi connectivity index (χ1n) is 14.1. The first-order valence-corrected chi connectivity index (χ1v) is 14.1. The number of nitrogens with one attached hydrogen (secondary N) is 3. The molecular weight excluding hydrogens is 504 g/mol. The van der Waals surface area contributed by atoms with Crippen molar-refractivity contribution in [2.24, 2.45) is 0 Å². The van der Waals surface area contributed by atoms with Crippen LogP contribution in [0.2, 0.25) is 0 Å². The Labute approximate surface area is 233 Å². The highest BCUT2D eigenvalue weighted by molar-refractivity contribution is 6.02. The minimum absolute atomic E-state index is 0.0451. The number of hydrogen-bond donors (Lipinski definition) is 3. The van der Waals surface area contributed by atoms with Crippen molar-refractivity contribution in [3.63, 3.8) is 0 Å². The van der Waals surface area contributed by atoms with Gasteiger partial charge in [0.25, 0.3) is 11.5 Å². The van der Waals surface area contributed by atoms with Gasteiger partial charge in [-0.15, -0.1) is 0 Å². The van der Waals surface area contributed by atoms with Gasteiger partial charge in [-0.3, -0.25) is 9.59 Å². The van der Waals surface area contributed by atoms with Gasteiger partial charge in [-0.25, -0.2) is 4.98 Å². The van der Waals surface area contributed by atoms with E-state index >= 15 is 0 Å². The van der Waals surface area contributed by atoms with Crippen molar-refractivity contribution in [2.75, 3.05) is 38.6 Å². The van der Waals surface area contributed by atoms with Gasteiger partial charge in [-0.2, -0.15) is 0 Å². The molecule has 1 amide bonds. The molecule has 0 spiro atoms. The number of H-pyrrole nitrogens is 2. The summed E-state index contributed by atoms with van der Waals surface area (Å²) in [6, 6.07) is 11.9. The van der Waals surface area contributed by atoms with Crippen molar-refractivity contribution in [3.8, 4) is 17.1 Å². The van der Waals surface area contributed by atoms with E-state index in [1.165, 1.54) is 24.0 Å². The number of amides is 1. The maximum absolute atomic E-state index is 13.2. The minimum atomic E-state index is -0.231. The number of hydrogen-bond acceptors (Lipinski definition) is 6. The standard InChI is InChI=1S/C31H36N6O3/c1-19-6-7-23(40-3)15-21(19)14-20(2)33-25-8-9-32-30(38)28(25)29-34-26-16-22-18-37(13-12-36-10-4-5-11-36)31(39)24(22)17-27(26)35-29/h6-9,15-17,20H,4-5,10-14,18H2,1-3H3,(H,34,35)(H2,32,33,38)/t20-/m0/s1. The lowest BCUT2D eigenvalue weighted by Gasteiger charge is -2.20. The Hall–Kier alpha value is -4.11. The maximum Gasteiger partial charge on any atom is 0.261 e. The molecule has 40 heavy (non-hydrogen) atoms. The second kappa shape index (κ2) is 10.8. The van der Waals surface area contributed by atoms with Crippen LogP contribution in [0.1, 0.15) is 46.8 Å². The van der Waals surface area contributed by atoms with Crippen molar-refractivity contribution in [3.05, 3.63) is 75.2 Å². The summed E-state index contributed by atoms with van der Waals surface area (Å²) < 4.78 is 5.40. The third kappa shape index (κ3) is 5.09. The number of rotatable bonds is 9. The number of nitrogens with zero attached hydrogens (tertiary/aromatic N) is 3. The number of aryl methyl sites for hydroxylation is 1. The number of ether oxygens (including phenoxy) is 1. The average molecular weight is 541 g/mol. The molecule has 4 aromatic rings. The molecule has 0 bridgehead atoms. The van der Waals surface area contributed by atoms with E-state index in [0.717, 1.165) is 49.4 Å². The topological polar surface area (TPSA) is 106 Å². The van der Waals surface area contributed by atoms with E-state index in [1.807, 2.05) is 29.2 Å². The lowest BCUT2D eigenvalue weighted by Crippen LogP contribution is -2.33. The number of aromatic nitrogens is 3. The molecule has 9 heteroatoms. The third-order valence-electron chi connectivity index (χ3n) is 8.15. The summed E-state index contributed by atoms with van der Waals surface area (Å²) in [7, 11) is 1.67. The summed E-state index contributed by atoms with van der Waals surface area (Å²) in [5, 5.41) is 3.52. The van der Waals surface area contributed by atoms with Crippen LogP contribution in [-0.2, 0) is 13.0 Å². The lowest BCUT2D eigenvalue weighted by molar-refractivity contribution is 0.0763. The molecule has 1 atom stereocenters. The number of likely N-dealkylation sites (tertiary alicyclic amines) is 1. The van der Waals surface area contributed by atoms with Crippen LogP contribution in [-0.4, -0.2) is 70.0 Å². The Balaban J connectivity index is 1.23. The molecule has 2 aliphatic heterocycles. The minimum Gasteiger partial charge on any atom is -0.497 e. The van der Waals surface area contributed by atoms with Gasteiger partial charge in [-0.1, -0.05) is 6.07 Å². The van der Waals surface area contributed by atoms with E-state index in [4.69, 9.17) is 9.72 Å². The molecule has 0 unspecified atom stereocenters. The van der Waals surface area contributed by atoms with Crippen LogP contribution < -0.4 is 15.6 Å². The molecule has 0 radical (unpaired) electrons. The first-order chi connectivity index (χ1) is 19.4. The van der Waals surface area contributed by atoms with Gasteiger partial charge in [0, 0.05) is 37.4 Å². The van der Waals surface area contributed by atoms with Crippen LogP contribution in [0.3, 0.4) is 0 Å². The van der Waals surface area contributed by atoms with Crippen LogP contribution in [0.15, 0.2) is 47.4 Å². The van der Waals surface area contributed by atoms with E-state index < -0.39 is 0 Å². The number of aromatic amines is 2. The Morgan fingerprint density at radius 1 is 1.10 bits per heavy atom. The molecule has 4 heterocycles.